The van der Waals surface area contributed by atoms with Crippen LogP contribution in [0.3, 0.4) is 0 Å². The molecule has 0 unspecified atom stereocenters. The molecule has 2 N–H and O–H groups in total. The monoisotopic (exact) mass is 302 g/mol. The summed E-state index contributed by atoms with van der Waals surface area (Å²) in [5.74, 6) is -0.192. The van der Waals surface area contributed by atoms with Gasteiger partial charge in [-0.2, -0.15) is 0 Å². The van der Waals surface area contributed by atoms with E-state index >= 15 is 0 Å². The van der Waals surface area contributed by atoms with E-state index in [1.54, 1.807) is 24.3 Å². The second-order valence-corrected chi connectivity index (χ2v) is 6.00. The van der Waals surface area contributed by atoms with E-state index in [0.29, 0.717) is 17.7 Å². The van der Waals surface area contributed by atoms with Crippen molar-refractivity contribution in [2.75, 3.05) is 6.54 Å². The lowest BCUT2D eigenvalue weighted by Gasteiger charge is -2.16. The average molecular weight is 302 g/mol. The van der Waals surface area contributed by atoms with E-state index in [1.165, 1.54) is 25.7 Å². The first-order chi connectivity index (χ1) is 10.7. The minimum absolute atomic E-state index is 0.0722. The molecule has 0 radical (unpaired) electrons. The Labute approximate surface area is 132 Å². The molecule has 0 spiro atoms. The molecule has 1 aromatic carbocycles. The Kier molecular flexibility index (Phi) is 6.44. The standard InChI is InChI=1S/C18H26N2O2/c1-2-12-19-17(21)14-8-7-9-15(13-14)18(22)20-16-10-5-3-4-6-11-16/h7-9,13,16H,2-6,10-12H2,1H3,(H,19,21)(H,20,22). The summed E-state index contributed by atoms with van der Waals surface area (Å²) in [6, 6.07) is 7.23. The van der Waals surface area contributed by atoms with Gasteiger partial charge in [0.15, 0.2) is 0 Å². The number of rotatable bonds is 5. The molecule has 0 saturated heterocycles. The molecule has 4 heteroatoms. The molecule has 1 aromatic rings. The first-order valence-corrected chi connectivity index (χ1v) is 8.40. The molecular weight excluding hydrogens is 276 g/mol. The molecule has 2 amide bonds. The number of nitrogens with one attached hydrogen (secondary N) is 2. The summed E-state index contributed by atoms with van der Waals surface area (Å²) in [6.45, 7) is 2.66. The third kappa shape index (κ3) is 4.86. The number of carbonyl (C=O) groups excluding carboxylic acids is 2. The molecule has 0 aliphatic heterocycles. The Balaban J connectivity index is 1.98. The lowest BCUT2D eigenvalue weighted by molar-refractivity contribution is 0.0933. The lowest BCUT2D eigenvalue weighted by Crippen LogP contribution is -2.34. The second-order valence-electron chi connectivity index (χ2n) is 6.00. The van der Waals surface area contributed by atoms with Crippen molar-refractivity contribution in [3.8, 4) is 0 Å². The molecule has 1 aliphatic carbocycles. The van der Waals surface area contributed by atoms with Gasteiger partial charge in [0.05, 0.1) is 0 Å². The van der Waals surface area contributed by atoms with Crippen LogP contribution in [0.4, 0.5) is 0 Å². The van der Waals surface area contributed by atoms with E-state index in [0.717, 1.165) is 19.3 Å². The average Bonchev–Trinajstić information content (AvgIpc) is 2.81. The fourth-order valence-corrected chi connectivity index (χ4v) is 2.83. The normalized spacial score (nSPS) is 15.9. The van der Waals surface area contributed by atoms with Gasteiger partial charge in [0.1, 0.15) is 0 Å². The number of benzene rings is 1. The zero-order valence-electron chi connectivity index (χ0n) is 13.4. The molecule has 0 heterocycles. The predicted molar refractivity (Wildman–Crippen MR) is 88.0 cm³/mol. The van der Waals surface area contributed by atoms with E-state index in [2.05, 4.69) is 10.6 Å². The van der Waals surface area contributed by atoms with Gasteiger partial charge in [0, 0.05) is 23.7 Å². The smallest absolute Gasteiger partial charge is 0.251 e. The van der Waals surface area contributed by atoms with Crippen molar-refractivity contribution in [3.63, 3.8) is 0 Å². The van der Waals surface area contributed by atoms with Crippen LogP contribution in [-0.2, 0) is 0 Å². The Bertz CT molecular complexity index is 506. The maximum absolute atomic E-state index is 12.4. The lowest BCUT2D eigenvalue weighted by atomic mass is 10.1. The van der Waals surface area contributed by atoms with Crippen LogP contribution in [0.15, 0.2) is 24.3 Å². The summed E-state index contributed by atoms with van der Waals surface area (Å²) >= 11 is 0. The zero-order valence-corrected chi connectivity index (χ0v) is 13.4. The maximum Gasteiger partial charge on any atom is 0.251 e. The van der Waals surface area contributed by atoms with Crippen molar-refractivity contribution >= 4 is 11.8 Å². The number of hydrogen-bond acceptors (Lipinski definition) is 2. The second kappa shape index (κ2) is 8.57. The molecule has 0 aromatic heterocycles. The van der Waals surface area contributed by atoms with Crippen molar-refractivity contribution in [1.82, 2.24) is 10.6 Å². The summed E-state index contributed by atoms with van der Waals surface area (Å²) in [4.78, 5) is 24.3. The van der Waals surface area contributed by atoms with Gasteiger partial charge in [-0.05, 0) is 37.5 Å². The van der Waals surface area contributed by atoms with E-state index in [1.807, 2.05) is 6.92 Å². The molecule has 0 bridgehead atoms. The van der Waals surface area contributed by atoms with Crippen LogP contribution in [0, 0.1) is 0 Å². The van der Waals surface area contributed by atoms with E-state index < -0.39 is 0 Å². The first-order valence-electron chi connectivity index (χ1n) is 8.40. The highest BCUT2D eigenvalue weighted by molar-refractivity contribution is 5.99. The Morgan fingerprint density at radius 2 is 1.68 bits per heavy atom. The van der Waals surface area contributed by atoms with Gasteiger partial charge in [0.25, 0.3) is 11.8 Å². The molecule has 1 saturated carbocycles. The van der Waals surface area contributed by atoms with Crippen LogP contribution in [-0.4, -0.2) is 24.4 Å². The third-order valence-electron chi connectivity index (χ3n) is 4.11. The molecule has 120 valence electrons. The molecule has 1 aliphatic rings. The Morgan fingerprint density at radius 3 is 2.32 bits per heavy atom. The van der Waals surface area contributed by atoms with Gasteiger partial charge in [-0.15, -0.1) is 0 Å². The van der Waals surface area contributed by atoms with E-state index in [9.17, 15) is 9.59 Å². The number of carbonyl (C=O) groups is 2. The third-order valence-corrected chi connectivity index (χ3v) is 4.11. The number of hydrogen-bond donors (Lipinski definition) is 2. The molecule has 0 atom stereocenters. The predicted octanol–water partition coefficient (Wildman–Crippen LogP) is 3.28. The quantitative estimate of drug-likeness (QED) is 0.820. The summed E-state index contributed by atoms with van der Waals surface area (Å²) < 4.78 is 0. The zero-order chi connectivity index (χ0) is 15.8. The van der Waals surface area contributed by atoms with Crippen LogP contribution in [0.5, 0.6) is 0 Å². The van der Waals surface area contributed by atoms with Gasteiger partial charge in [-0.1, -0.05) is 38.7 Å². The molecule has 22 heavy (non-hydrogen) atoms. The molecule has 4 nitrogen and oxygen atoms in total. The van der Waals surface area contributed by atoms with Crippen molar-refractivity contribution in [1.29, 1.82) is 0 Å². The minimum Gasteiger partial charge on any atom is -0.352 e. The molecular formula is C18H26N2O2. The van der Waals surface area contributed by atoms with Gasteiger partial charge < -0.3 is 10.6 Å². The van der Waals surface area contributed by atoms with Crippen molar-refractivity contribution in [2.45, 2.75) is 57.9 Å². The van der Waals surface area contributed by atoms with Crippen LogP contribution >= 0.6 is 0 Å². The Hall–Kier alpha value is -1.84. The van der Waals surface area contributed by atoms with Crippen LogP contribution in [0.1, 0.15) is 72.6 Å². The highest BCUT2D eigenvalue weighted by atomic mass is 16.2. The molecule has 1 fully saturated rings. The van der Waals surface area contributed by atoms with Crippen molar-refractivity contribution in [3.05, 3.63) is 35.4 Å². The largest absolute Gasteiger partial charge is 0.352 e. The summed E-state index contributed by atoms with van der Waals surface area (Å²) in [7, 11) is 0. The van der Waals surface area contributed by atoms with E-state index in [4.69, 9.17) is 0 Å². The van der Waals surface area contributed by atoms with Gasteiger partial charge >= 0.3 is 0 Å². The minimum atomic E-state index is -0.119. The molecule has 2 rings (SSSR count). The number of amides is 2. The summed E-state index contributed by atoms with van der Waals surface area (Å²) in [5.41, 5.74) is 1.11. The highest BCUT2D eigenvalue weighted by Gasteiger charge is 2.16. The van der Waals surface area contributed by atoms with Gasteiger partial charge in [-0.25, -0.2) is 0 Å². The summed E-state index contributed by atoms with van der Waals surface area (Å²) in [5, 5.41) is 5.95. The van der Waals surface area contributed by atoms with Gasteiger partial charge in [-0.3, -0.25) is 9.59 Å². The first kappa shape index (κ1) is 16.5. The van der Waals surface area contributed by atoms with Crippen molar-refractivity contribution < 1.29 is 9.59 Å². The fraction of sp³-hybridized carbons (Fsp3) is 0.556. The van der Waals surface area contributed by atoms with Gasteiger partial charge in [0.2, 0.25) is 0 Å². The Morgan fingerprint density at radius 1 is 1.05 bits per heavy atom. The maximum atomic E-state index is 12.4. The SMILES string of the molecule is CCCNC(=O)c1cccc(C(=O)NC2CCCCCC2)c1. The summed E-state index contributed by atoms with van der Waals surface area (Å²) in [6.07, 6.45) is 7.91. The topological polar surface area (TPSA) is 58.2 Å². The van der Waals surface area contributed by atoms with Crippen LogP contribution in [0.25, 0.3) is 0 Å². The fourth-order valence-electron chi connectivity index (χ4n) is 2.83. The van der Waals surface area contributed by atoms with Crippen molar-refractivity contribution in [2.24, 2.45) is 0 Å². The highest BCUT2D eigenvalue weighted by Crippen LogP contribution is 2.17. The van der Waals surface area contributed by atoms with Crippen LogP contribution < -0.4 is 10.6 Å². The van der Waals surface area contributed by atoms with E-state index in [-0.39, 0.29) is 17.9 Å². The van der Waals surface area contributed by atoms with Crippen LogP contribution in [0.2, 0.25) is 0 Å².